The van der Waals surface area contributed by atoms with Crippen LogP contribution >= 0.6 is 23.5 Å². The Kier molecular flexibility index (Phi) is 10.8. The van der Waals surface area contributed by atoms with Crippen molar-refractivity contribution in [2.24, 2.45) is 11.8 Å². The number of carbonyl (C=O) groups excluding carboxylic acids is 3. The van der Waals surface area contributed by atoms with Gasteiger partial charge in [-0.25, -0.2) is 10.6 Å². The summed E-state index contributed by atoms with van der Waals surface area (Å²) in [7, 11) is 0. The molecule has 1 heterocycles. The SMILES string of the molecule is CC(C)(C)OC(=O)N1CSC[C@H]1C(=O)NC(CSCC1CCCCC1)C(=O)N(N)Cc1ccccc1. The van der Waals surface area contributed by atoms with Gasteiger partial charge in [0.1, 0.15) is 17.7 Å². The number of rotatable bonds is 9. The van der Waals surface area contributed by atoms with Crippen LogP contribution in [0.2, 0.25) is 0 Å². The van der Waals surface area contributed by atoms with Crippen molar-refractivity contribution in [2.45, 2.75) is 77.1 Å². The third-order valence-corrected chi connectivity index (χ3v) is 8.56. The molecule has 0 aromatic heterocycles. The monoisotopic (exact) mass is 536 g/mol. The normalized spacial score (nSPS) is 19.6. The number of hydrogen-bond donors (Lipinski definition) is 2. The van der Waals surface area contributed by atoms with E-state index >= 15 is 0 Å². The summed E-state index contributed by atoms with van der Waals surface area (Å²) in [5, 5.41) is 4.09. The van der Waals surface area contributed by atoms with E-state index in [4.69, 9.17) is 10.6 Å². The molecule has 1 saturated carbocycles. The van der Waals surface area contributed by atoms with Crippen LogP contribution in [0.4, 0.5) is 4.79 Å². The van der Waals surface area contributed by atoms with E-state index in [1.165, 1.54) is 53.8 Å². The van der Waals surface area contributed by atoms with E-state index < -0.39 is 23.8 Å². The lowest BCUT2D eigenvalue weighted by Crippen LogP contribution is -2.56. The number of nitrogens with zero attached hydrogens (tertiary/aromatic N) is 2. The fraction of sp³-hybridized carbons (Fsp3) is 0.654. The van der Waals surface area contributed by atoms with Gasteiger partial charge in [-0.3, -0.25) is 19.5 Å². The van der Waals surface area contributed by atoms with Gasteiger partial charge in [0.05, 0.1) is 12.4 Å². The number of amides is 3. The number of carbonyl (C=O) groups is 3. The molecule has 3 amide bonds. The number of nitrogens with one attached hydrogen (secondary N) is 1. The van der Waals surface area contributed by atoms with Crippen molar-refractivity contribution in [1.29, 1.82) is 0 Å². The van der Waals surface area contributed by atoms with Crippen LogP contribution in [-0.4, -0.2) is 68.6 Å². The molecule has 36 heavy (non-hydrogen) atoms. The van der Waals surface area contributed by atoms with Gasteiger partial charge in [-0.05, 0) is 50.8 Å². The topological polar surface area (TPSA) is 105 Å². The largest absolute Gasteiger partial charge is 0.444 e. The van der Waals surface area contributed by atoms with Gasteiger partial charge in [-0.2, -0.15) is 11.8 Å². The van der Waals surface area contributed by atoms with Gasteiger partial charge in [0, 0.05) is 11.5 Å². The van der Waals surface area contributed by atoms with Crippen molar-refractivity contribution in [3.63, 3.8) is 0 Å². The molecule has 0 radical (unpaired) electrons. The summed E-state index contributed by atoms with van der Waals surface area (Å²) in [5.74, 6) is 8.38. The Morgan fingerprint density at radius 2 is 1.89 bits per heavy atom. The predicted octanol–water partition coefficient (Wildman–Crippen LogP) is 4.00. The van der Waals surface area contributed by atoms with Gasteiger partial charge in [0.25, 0.3) is 5.91 Å². The Morgan fingerprint density at radius 3 is 2.56 bits per heavy atom. The molecule has 10 heteroatoms. The average molecular weight is 537 g/mol. The van der Waals surface area contributed by atoms with Crippen molar-refractivity contribution < 1.29 is 19.1 Å². The second-order valence-electron chi connectivity index (χ2n) is 10.5. The standard InChI is InChI=1S/C26H40N4O4S2/c1-26(2,3)34-25(33)29-18-36-17-22(29)23(31)28-21(16-35-15-20-12-8-5-9-13-20)24(32)30(27)14-19-10-6-4-7-11-19/h4,6-7,10-11,20-22H,5,8-9,12-18,27H2,1-3H3,(H,28,31)/t21?,22-/m0/s1. The van der Waals surface area contributed by atoms with E-state index in [2.05, 4.69) is 5.32 Å². The molecule has 1 aliphatic carbocycles. The van der Waals surface area contributed by atoms with Crippen molar-refractivity contribution in [2.75, 3.05) is 23.1 Å². The fourth-order valence-electron chi connectivity index (χ4n) is 4.37. The molecule has 1 unspecified atom stereocenters. The van der Waals surface area contributed by atoms with E-state index in [1.54, 1.807) is 32.5 Å². The summed E-state index contributed by atoms with van der Waals surface area (Å²) >= 11 is 3.18. The van der Waals surface area contributed by atoms with Gasteiger partial charge in [0.2, 0.25) is 5.91 Å². The number of hydrogen-bond acceptors (Lipinski definition) is 7. The van der Waals surface area contributed by atoms with Gasteiger partial charge in [0.15, 0.2) is 0 Å². The molecule has 0 spiro atoms. The van der Waals surface area contributed by atoms with E-state index in [9.17, 15) is 14.4 Å². The Bertz CT molecular complexity index is 874. The quantitative estimate of drug-likeness (QED) is 0.279. The predicted molar refractivity (Wildman–Crippen MR) is 146 cm³/mol. The van der Waals surface area contributed by atoms with E-state index in [1.807, 2.05) is 30.3 Å². The summed E-state index contributed by atoms with van der Waals surface area (Å²) < 4.78 is 5.49. The first kappa shape index (κ1) is 28.7. The molecule has 1 aromatic rings. The lowest BCUT2D eigenvalue weighted by Gasteiger charge is -2.29. The Labute approximate surface area is 223 Å². The summed E-state index contributed by atoms with van der Waals surface area (Å²) in [5.41, 5.74) is 0.258. The zero-order chi connectivity index (χ0) is 26.1. The molecule has 2 atom stereocenters. The maximum absolute atomic E-state index is 13.3. The van der Waals surface area contributed by atoms with Gasteiger partial charge in [-0.15, -0.1) is 11.8 Å². The van der Waals surface area contributed by atoms with Crippen LogP contribution in [-0.2, 0) is 20.9 Å². The van der Waals surface area contributed by atoms with Crippen LogP contribution in [0.3, 0.4) is 0 Å². The smallest absolute Gasteiger partial charge is 0.411 e. The van der Waals surface area contributed by atoms with Crippen LogP contribution < -0.4 is 11.2 Å². The number of benzene rings is 1. The van der Waals surface area contributed by atoms with Crippen molar-refractivity contribution >= 4 is 41.4 Å². The van der Waals surface area contributed by atoms with Gasteiger partial charge < -0.3 is 10.1 Å². The van der Waals surface area contributed by atoms with Crippen LogP contribution in [0.5, 0.6) is 0 Å². The van der Waals surface area contributed by atoms with Crippen molar-refractivity contribution in [1.82, 2.24) is 15.2 Å². The highest BCUT2D eigenvalue weighted by atomic mass is 32.2. The molecule has 1 aliphatic heterocycles. The maximum atomic E-state index is 13.3. The third-order valence-electron chi connectivity index (χ3n) is 6.27. The van der Waals surface area contributed by atoms with Gasteiger partial charge >= 0.3 is 6.09 Å². The zero-order valence-electron chi connectivity index (χ0n) is 21.6. The van der Waals surface area contributed by atoms with E-state index in [-0.39, 0.29) is 18.4 Å². The molecule has 1 saturated heterocycles. The van der Waals surface area contributed by atoms with Crippen LogP contribution in [0.15, 0.2) is 30.3 Å². The summed E-state index contributed by atoms with van der Waals surface area (Å²) in [4.78, 5) is 40.7. The number of nitrogens with two attached hydrogens (primary N) is 1. The summed E-state index contributed by atoms with van der Waals surface area (Å²) in [6.07, 6.45) is 5.74. The lowest BCUT2D eigenvalue weighted by molar-refractivity contribution is -0.137. The minimum absolute atomic E-state index is 0.253. The average Bonchev–Trinajstić information content (AvgIpc) is 3.34. The number of ether oxygens (including phenoxy) is 1. The number of thioether (sulfide) groups is 2. The highest BCUT2D eigenvalue weighted by Gasteiger charge is 2.39. The first-order valence-electron chi connectivity index (χ1n) is 12.7. The Morgan fingerprint density at radius 1 is 1.19 bits per heavy atom. The maximum Gasteiger partial charge on any atom is 0.411 e. The van der Waals surface area contributed by atoms with Crippen molar-refractivity contribution in [3.8, 4) is 0 Å². The molecule has 200 valence electrons. The Hall–Kier alpha value is -1.91. The fourth-order valence-corrected chi connectivity index (χ4v) is 6.77. The molecule has 2 aliphatic rings. The van der Waals surface area contributed by atoms with E-state index in [0.29, 0.717) is 23.3 Å². The highest BCUT2D eigenvalue weighted by molar-refractivity contribution is 7.99. The minimum atomic E-state index is -0.772. The Balaban J connectivity index is 1.65. The highest BCUT2D eigenvalue weighted by Crippen LogP contribution is 2.27. The molecule has 1 aromatic carbocycles. The zero-order valence-corrected chi connectivity index (χ0v) is 23.2. The van der Waals surface area contributed by atoms with Crippen LogP contribution in [0.1, 0.15) is 58.4 Å². The number of hydrazine groups is 1. The molecular weight excluding hydrogens is 496 g/mol. The second-order valence-corrected chi connectivity index (χ2v) is 12.6. The molecular formula is C26H40N4O4S2. The third kappa shape index (κ3) is 8.88. The molecule has 0 bridgehead atoms. The van der Waals surface area contributed by atoms with Gasteiger partial charge in [-0.1, -0.05) is 49.6 Å². The van der Waals surface area contributed by atoms with Crippen molar-refractivity contribution in [3.05, 3.63) is 35.9 Å². The van der Waals surface area contributed by atoms with Crippen LogP contribution in [0.25, 0.3) is 0 Å². The first-order chi connectivity index (χ1) is 17.1. The molecule has 3 N–H and O–H groups in total. The summed E-state index contributed by atoms with van der Waals surface area (Å²) in [6.45, 7) is 5.64. The lowest BCUT2D eigenvalue weighted by atomic mass is 9.91. The van der Waals surface area contributed by atoms with E-state index in [0.717, 1.165) is 11.3 Å². The second kappa shape index (κ2) is 13.6. The molecule has 3 rings (SSSR count). The van der Waals surface area contributed by atoms with Crippen LogP contribution in [0, 0.1) is 5.92 Å². The minimum Gasteiger partial charge on any atom is -0.444 e. The first-order valence-corrected chi connectivity index (χ1v) is 15.0. The molecule has 2 fully saturated rings. The summed E-state index contributed by atoms with van der Waals surface area (Å²) in [6, 6.07) is 8.06. The molecule has 8 nitrogen and oxygen atoms in total.